The van der Waals surface area contributed by atoms with Crippen molar-refractivity contribution in [3.05, 3.63) is 24.0 Å². The molecule has 0 spiro atoms. The number of nitrogens with two attached hydrogens (primary N) is 1. The van der Waals surface area contributed by atoms with Gasteiger partial charge in [0, 0.05) is 19.8 Å². The topological polar surface area (TPSA) is 102 Å². The largest absolute Gasteiger partial charge is 0.398 e. The van der Waals surface area contributed by atoms with E-state index in [0.29, 0.717) is 0 Å². The van der Waals surface area contributed by atoms with Crippen LogP contribution in [0.25, 0.3) is 0 Å². The van der Waals surface area contributed by atoms with Crippen LogP contribution in [0.2, 0.25) is 0 Å². The molecule has 0 aliphatic rings. The van der Waals surface area contributed by atoms with E-state index in [-0.39, 0.29) is 30.2 Å². The number of nitrogens with one attached hydrogen (secondary N) is 1. The number of benzene rings is 1. The second-order valence-electron chi connectivity index (χ2n) is 3.97. The number of ether oxygens (including phenoxy) is 1. The van der Waals surface area contributed by atoms with Gasteiger partial charge >= 0.3 is 0 Å². The van der Waals surface area contributed by atoms with E-state index in [1.807, 2.05) is 0 Å². The summed E-state index contributed by atoms with van der Waals surface area (Å²) in [7, 11) is -2.46. The summed E-state index contributed by atoms with van der Waals surface area (Å²) in [6.07, 6.45) is 0.203. The van der Waals surface area contributed by atoms with Gasteiger partial charge in [-0.2, -0.15) is 0 Å². The molecule has 1 aromatic rings. The Morgan fingerprint density at radius 2 is 2.21 bits per heavy atom. The van der Waals surface area contributed by atoms with Crippen molar-refractivity contribution in [3.63, 3.8) is 0 Å². The third-order valence-electron chi connectivity index (χ3n) is 2.43. The number of halogens is 1. The highest BCUT2D eigenvalue weighted by Gasteiger charge is 2.22. The second kappa shape index (κ2) is 6.80. The van der Waals surface area contributed by atoms with Crippen LogP contribution >= 0.6 is 0 Å². The maximum absolute atomic E-state index is 12.9. The van der Waals surface area contributed by atoms with Gasteiger partial charge in [-0.15, -0.1) is 0 Å². The number of aliphatic hydroxyl groups excluding tert-OH is 1. The fraction of sp³-hybridized carbons (Fsp3) is 0.455. The van der Waals surface area contributed by atoms with Gasteiger partial charge in [-0.25, -0.2) is 17.5 Å². The van der Waals surface area contributed by atoms with Gasteiger partial charge in [0.15, 0.2) is 0 Å². The molecule has 8 heteroatoms. The molecule has 108 valence electrons. The molecule has 0 heterocycles. The van der Waals surface area contributed by atoms with E-state index in [1.54, 1.807) is 0 Å². The summed E-state index contributed by atoms with van der Waals surface area (Å²) in [5.41, 5.74) is 5.32. The summed E-state index contributed by atoms with van der Waals surface area (Å²) in [5, 5.41) is 8.86. The molecular weight excluding hydrogens is 275 g/mol. The summed E-state index contributed by atoms with van der Waals surface area (Å²) in [6.45, 7) is -0.0731. The Morgan fingerprint density at radius 3 is 2.74 bits per heavy atom. The lowest BCUT2D eigenvalue weighted by Gasteiger charge is -2.17. The van der Waals surface area contributed by atoms with E-state index >= 15 is 0 Å². The zero-order valence-corrected chi connectivity index (χ0v) is 11.3. The van der Waals surface area contributed by atoms with E-state index in [0.717, 1.165) is 18.2 Å². The highest BCUT2D eigenvalue weighted by molar-refractivity contribution is 7.89. The van der Waals surface area contributed by atoms with Gasteiger partial charge in [-0.3, -0.25) is 0 Å². The van der Waals surface area contributed by atoms with E-state index in [1.165, 1.54) is 7.11 Å². The molecule has 1 rings (SSSR count). The number of hydrogen-bond donors (Lipinski definition) is 3. The Morgan fingerprint density at radius 1 is 1.53 bits per heavy atom. The van der Waals surface area contributed by atoms with Crippen LogP contribution in [0.4, 0.5) is 10.1 Å². The molecule has 0 saturated heterocycles. The molecule has 1 aromatic carbocycles. The minimum atomic E-state index is -3.88. The fourth-order valence-corrected chi connectivity index (χ4v) is 2.95. The van der Waals surface area contributed by atoms with Crippen molar-refractivity contribution in [3.8, 4) is 0 Å². The van der Waals surface area contributed by atoms with Crippen LogP contribution < -0.4 is 10.5 Å². The predicted molar refractivity (Wildman–Crippen MR) is 68.5 cm³/mol. The minimum absolute atomic E-state index is 0.112. The first kappa shape index (κ1) is 15.8. The first-order valence-electron chi connectivity index (χ1n) is 5.58. The van der Waals surface area contributed by atoms with Crippen molar-refractivity contribution in [2.75, 3.05) is 26.1 Å². The number of aliphatic hydroxyl groups is 1. The zero-order valence-electron chi connectivity index (χ0n) is 10.5. The van der Waals surface area contributed by atoms with Gasteiger partial charge < -0.3 is 15.6 Å². The molecule has 0 amide bonds. The fourth-order valence-electron chi connectivity index (χ4n) is 1.58. The summed E-state index contributed by atoms with van der Waals surface area (Å²) >= 11 is 0. The Labute approximate surface area is 111 Å². The highest BCUT2D eigenvalue weighted by Crippen LogP contribution is 2.19. The third kappa shape index (κ3) is 4.43. The smallest absolute Gasteiger partial charge is 0.242 e. The summed E-state index contributed by atoms with van der Waals surface area (Å²) in [4.78, 5) is -0.201. The van der Waals surface area contributed by atoms with Crippen LogP contribution in [-0.2, 0) is 14.8 Å². The lowest BCUT2D eigenvalue weighted by Crippen LogP contribution is -2.38. The molecular formula is C11H17FN2O4S. The van der Waals surface area contributed by atoms with Gasteiger partial charge in [0.05, 0.1) is 12.3 Å². The molecule has 0 fully saturated rings. The van der Waals surface area contributed by atoms with E-state index in [2.05, 4.69) is 4.72 Å². The van der Waals surface area contributed by atoms with Gasteiger partial charge in [-0.05, 0) is 24.6 Å². The molecule has 19 heavy (non-hydrogen) atoms. The molecule has 6 nitrogen and oxygen atoms in total. The first-order chi connectivity index (χ1) is 8.90. The van der Waals surface area contributed by atoms with Crippen LogP contribution in [0, 0.1) is 5.82 Å². The van der Waals surface area contributed by atoms with Crippen LogP contribution in [0.1, 0.15) is 6.42 Å². The van der Waals surface area contributed by atoms with Crippen LogP contribution in [0.15, 0.2) is 23.1 Å². The maximum Gasteiger partial charge on any atom is 0.242 e. The third-order valence-corrected chi connectivity index (χ3v) is 4.02. The van der Waals surface area contributed by atoms with Crippen LogP contribution in [-0.4, -0.2) is 39.9 Å². The average Bonchev–Trinajstić information content (AvgIpc) is 2.28. The summed E-state index contributed by atoms with van der Waals surface area (Å²) < 4.78 is 44.3. The van der Waals surface area contributed by atoms with E-state index in [9.17, 15) is 12.8 Å². The zero-order chi connectivity index (χ0) is 14.5. The van der Waals surface area contributed by atoms with E-state index in [4.69, 9.17) is 15.6 Å². The van der Waals surface area contributed by atoms with Crippen LogP contribution in [0.3, 0.4) is 0 Å². The number of hydrogen-bond acceptors (Lipinski definition) is 5. The monoisotopic (exact) mass is 292 g/mol. The standard InChI is InChI=1S/C11H17FN2O4S/c1-18-7-9(4-5-15)14-19(16,17)11-3-2-8(12)6-10(11)13/h2-3,6,9,14-15H,4-5,7,13H2,1H3. The lowest BCUT2D eigenvalue weighted by molar-refractivity contribution is 0.158. The summed E-state index contributed by atoms with van der Waals surface area (Å²) in [6, 6.07) is 2.47. The molecule has 1 unspecified atom stereocenters. The Balaban J connectivity index is 2.96. The number of nitrogen functional groups attached to an aromatic ring is 1. The van der Waals surface area contributed by atoms with Crippen LogP contribution in [0.5, 0.6) is 0 Å². The van der Waals surface area contributed by atoms with Crippen molar-refractivity contribution in [1.82, 2.24) is 4.72 Å². The molecule has 1 atom stereocenters. The highest BCUT2D eigenvalue weighted by atomic mass is 32.2. The molecule has 0 saturated carbocycles. The normalized spacial score (nSPS) is 13.4. The number of sulfonamides is 1. The molecule has 0 aliphatic heterocycles. The molecule has 0 aromatic heterocycles. The van der Waals surface area contributed by atoms with Crippen molar-refractivity contribution in [1.29, 1.82) is 0 Å². The second-order valence-corrected chi connectivity index (χ2v) is 5.65. The predicted octanol–water partition coefficient (Wildman–Crippen LogP) is 0.0836. The number of methoxy groups -OCH3 is 1. The maximum atomic E-state index is 12.9. The van der Waals surface area contributed by atoms with Crippen molar-refractivity contribution >= 4 is 15.7 Å². The Bertz CT molecular complexity index is 515. The van der Waals surface area contributed by atoms with Gasteiger partial charge in [-0.1, -0.05) is 0 Å². The Hall–Kier alpha value is -1.22. The number of anilines is 1. The molecule has 0 bridgehead atoms. The van der Waals surface area contributed by atoms with E-state index < -0.39 is 21.9 Å². The Kier molecular flexibility index (Phi) is 5.67. The lowest BCUT2D eigenvalue weighted by atomic mass is 10.2. The quantitative estimate of drug-likeness (QED) is 0.618. The van der Waals surface area contributed by atoms with Crippen molar-refractivity contribution in [2.24, 2.45) is 0 Å². The summed E-state index contributed by atoms with van der Waals surface area (Å²) in [5.74, 6) is -0.611. The van der Waals surface area contributed by atoms with Crippen molar-refractivity contribution < 1.29 is 22.7 Å². The molecule has 4 N–H and O–H groups in total. The van der Waals surface area contributed by atoms with Gasteiger partial charge in [0.2, 0.25) is 10.0 Å². The number of rotatable bonds is 7. The van der Waals surface area contributed by atoms with Gasteiger partial charge in [0.1, 0.15) is 10.7 Å². The first-order valence-corrected chi connectivity index (χ1v) is 7.06. The average molecular weight is 292 g/mol. The van der Waals surface area contributed by atoms with Gasteiger partial charge in [0.25, 0.3) is 0 Å². The molecule has 0 aliphatic carbocycles. The van der Waals surface area contributed by atoms with Crippen molar-refractivity contribution in [2.45, 2.75) is 17.4 Å². The SMILES string of the molecule is COCC(CCO)NS(=O)(=O)c1ccc(F)cc1N. The molecule has 0 radical (unpaired) electrons. The minimum Gasteiger partial charge on any atom is -0.398 e.